The van der Waals surface area contributed by atoms with E-state index in [1.165, 1.54) is 0 Å². The molecule has 0 aromatic heterocycles. The van der Waals surface area contributed by atoms with E-state index in [4.69, 9.17) is 4.74 Å². The van der Waals surface area contributed by atoms with E-state index in [1.54, 1.807) is 18.4 Å². The lowest BCUT2D eigenvalue weighted by Crippen LogP contribution is -2.28. The van der Waals surface area contributed by atoms with Crippen LogP contribution in [-0.4, -0.2) is 47.5 Å². The number of para-hydroxylation sites is 1. The van der Waals surface area contributed by atoms with Crippen LogP contribution in [0, 0.1) is 0 Å². The van der Waals surface area contributed by atoms with Gasteiger partial charge in [0.15, 0.2) is 0 Å². The summed E-state index contributed by atoms with van der Waals surface area (Å²) in [6, 6.07) is 15.0. The maximum Gasteiger partial charge on any atom is 0.251 e. The van der Waals surface area contributed by atoms with Crippen molar-refractivity contribution in [3.05, 3.63) is 65.2 Å². The molecule has 0 fully saturated rings. The zero-order valence-electron chi connectivity index (χ0n) is 16.9. The molecule has 1 N–H and O–H groups in total. The van der Waals surface area contributed by atoms with Crippen LogP contribution >= 0.6 is 0 Å². The SMILES string of the molecule is CCN(CC)CCOc1ccccc1CNC(=O)c1cccc(C[S@@](C)=O)c1. The molecule has 1 atom stereocenters. The number of amides is 1. The summed E-state index contributed by atoms with van der Waals surface area (Å²) in [6.07, 6.45) is 1.66. The third-order valence-electron chi connectivity index (χ3n) is 4.53. The van der Waals surface area contributed by atoms with Crippen molar-refractivity contribution in [1.82, 2.24) is 10.2 Å². The molecule has 0 aliphatic rings. The number of rotatable bonds is 11. The lowest BCUT2D eigenvalue weighted by Gasteiger charge is -2.19. The maximum atomic E-state index is 12.5. The summed E-state index contributed by atoms with van der Waals surface area (Å²) in [6.45, 7) is 8.16. The molecule has 0 saturated carbocycles. The van der Waals surface area contributed by atoms with Crippen molar-refractivity contribution < 1.29 is 13.7 Å². The molecule has 2 aromatic rings. The first kappa shape index (κ1) is 22.1. The average Bonchev–Trinajstić information content (AvgIpc) is 2.70. The first-order valence-corrected chi connectivity index (χ1v) is 11.4. The molecule has 5 nitrogen and oxygen atoms in total. The van der Waals surface area contributed by atoms with Gasteiger partial charge in [0.2, 0.25) is 0 Å². The van der Waals surface area contributed by atoms with E-state index in [9.17, 15) is 9.00 Å². The second-order valence-electron chi connectivity index (χ2n) is 6.58. The van der Waals surface area contributed by atoms with Gasteiger partial charge in [0.25, 0.3) is 5.91 Å². The van der Waals surface area contributed by atoms with Gasteiger partial charge in [0.1, 0.15) is 12.4 Å². The van der Waals surface area contributed by atoms with Crippen LogP contribution in [0.25, 0.3) is 0 Å². The second kappa shape index (κ2) is 11.6. The van der Waals surface area contributed by atoms with Crippen molar-refractivity contribution in [2.24, 2.45) is 0 Å². The summed E-state index contributed by atoms with van der Waals surface area (Å²) in [5.41, 5.74) is 2.41. The predicted molar refractivity (Wildman–Crippen MR) is 115 cm³/mol. The van der Waals surface area contributed by atoms with Gasteiger partial charge in [-0.05, 0) is 36.9 Å². The van der Waals surface area contributed by atoms with Crippen molar-refractivity contribution in [2.75, 3.05) is 32.5 Å². The number of nitrogens with one attached hydrogen (secondary N) is 1. The minimum atomic E-state index is -0.935. The third-order valence-corrected chi connectivity index (χ3v) is 5.27. The molecule has 0 spiro atoms. The summed E-state index contributed by atoms with van der Waals surface area (Å²) in [5.74, 6) is 1.09. The molecule has 0 aliphatic heterocycles. The average molecular weight is 403 g/mol. The van der Waals surface area contributed by atoms with Crippen LogP contribution in [0.2, 0.25) is 0 Å². The van der Waals surface area contributed by atoms with Crippen LogP contribution in [0.1, 0.15) is 35.3 Å². The number of carbonyl (C=O) groups is 1. The Labute approximate surface area is 170 Å². The molecule has 0 saturated heterocycles. The van der Waals surface area contributed by atoms with E-state index in [0.717, 1.165) is 36.5 Å². The van der Waals surface area contributed by atoms with E-state index < -0.39 is 10.8 Å². The van der Waals surface area contributed by atoms with Crippen molar-refractivity contribution in [2.45, 2.75) is 26.1 Å². The van der Waals surface area contributed by atoms with Crippen molar-refractivity contribution in [1.29, 1.82) is 0 Å². The Morgan fingerprint density at radius 2 is 1.86 bits per heavy atom. The number of likely N-dealkylation sites (N-methyl/N-ethyl adjacent to an activating group) is 1. The maximum absolute atomic E-state index is 12.5. The quantitative estimate of drug-likeness (QED) is 0.627. The third kappa shape index (κ3) is 7.09. The Hall–Kier alpha value is -2.18. The molecular weight excluding hydrogens is 372 g/mol. The van der Waals surface area contributed by atoms with Crippen molar-refractivity contribution in [3.63, 3.8) is 0 Å². The van der Waals surface area contributed by atoms with Gasteiger partial charge in [-0.1, -0.05) is 44.2 Å². The topological polar surface area (TPSA) is 58.6 Å². The van der Waals surface area contributed by atoms with E-state index in [-0.39, 0.29) is 5.91 Å². The normalized spacial score (nSPS) is 12.0. The Morgan fingerprint density at radius 1 is 1.11 bits per heavy atom. The first-order chi connectivity index (χ1) is 13.5. The molecule has 1 amide bonds. The molecule has 0 radical (unpaired) electrons. The smallest absolute Gasteiger partial charge is 0.251 e. The van der Waals surface area contributed by atoms with Gasteiger partial charge in [-0.3, -0.25) is 9.00 Å². The fraction of sp³-hybridized carbons (Fsp3) is 0.409. The number of hydrogen-bond donors (Lipinski definition) is 1. The van der Waals surface area contributed by atoms with Crippen LogP contribution in [0.4, 0.5) is 0 Å². The largest absolute Gasteiger partial charge is 0.492 e. The molecule has 0 heterocycles. The number of benzene rings is 2. The van der Waals surface area contributed by atoms with Gasteiger partial charge in [0.05, 0.1) is 0 Å². The lowest BCUT2D eigenvalue weighted by atomic mass is 10.1. The van der Waals surface area contributed by atoms with Gasteiger partial charge in [-0.25, -0.2) is 0 Å². The molecular formula is C22H30N2O3S. The van der Waals surface area contributed by atoms with E-state index in [1.807, 2.05) is 36.4 Å². The Balaban J connectivity index is 1.95. The number of nitrogens with zero attached hydrogens (tertiary/aromatic N) is 1. The van der Waals surface area contributed by atoms with E-state index in [2.05, 4.69) is 24.1 Å². The second-order valence-corrected chi connectivity index (χ2v) is 8.02. The lowest BCUT2D eigenvalue weighted by molar-refractivity contribution is 0.0950. The van der Waals surface area contributed by atoms with Gasteiger partial charge < -0.3 is 15.0 Å². The molecule has 0 bridgehead atoms. The van der Waals surface area contributed by atoms with Gasteiger partial charge in [-0.2, -0.15) is 0 Å². The fourth-order valence-electron chi connectivity index (χ4n) is 2.93. The minimum absolute atomic E-state index is 0.151. The van der Waals surface area contributed by atoms with Crippen LogP contribution in [0.5, 0.6) is 5.75 Å². The van der Waals surface area contributed by atoms with Crippen molar-refractivity contribution in [3.8, 4) is 5.75 Å². The van der Waals surface area contributed by atoms with Crippen LogP contribution < -0.4 is 10.1 Å². The van der Waals surface area contributed by atoms with Gasteiger partial charge in [-0.15, -0.1) is 0 Å². The summed E-state index contributed by atoms with van der Waals surface area (Å²) < 4.78 is 17.3. The van der Waals surface area contributed by atoms with E-state index in [0.29, 0.717) is 24.5 Å². The molecule has 6 heteroatoms. The summed E-state index contributed by atoms with van der Waals surface area (Å²) in [7, 11) is -0.935. The summed E-state index contributed by atoms with van der Waals surface area (Å²) in [4.78, 5) is 14.8. The summed E-state index contributed by atoms with van der Waals surface area (Å²) in [5, 5.41) is 2.95. The first-order valence-electron chi connectivity index (χ1n) is 9.63. The number of hydrogen-bond acceptors (Lipinski definition) is 4. The molecule has 2 aromatic carbocycles. The standard InChI is InChI=1S/C22H30N2O3S/c1-4-24(5-2)13-14-27-21-12-7-6-10-20(21)16-23-22(25)19-11-8-9-18(15-19)17-28(3)26/h6-12,15H,4-5,13-14,16-17H2,1-3H3,(H,23,25)/t28-/m1/s1. The Kier molecular flexibility index (Phi) is 9.17. The van der Waals surface area contributed by atoms with Crippen LogP contribution in [0.15, 0.2) is 48.5 Å². The van der Waals surface area contributed by atoms with Gasteiger partial charge in [0, 0.05) is 47.0 Å². The fourth-order valence-corrected chi connectivity index (χ4v) is 3.58. The van der Waals surface area contributed by atoms with E-state index >= 15 is 0 Å². The molecule has 2 rings (SSSR count). The molecule has 0 aliphatic carbocycles. The molecule has 0 unspecified atom stereocenters. The highest BCUT2D eigenvalue weighted by atomic mass is 32.2. The van der Waals surface area contributed by atoms with Crippen molar-refractivity contribution >= 4 is 16.7 Å². The van der Waals surface area contributed by atoms with Crippen LogP contribution in [0.3, 0.4) is 0 Å². The highest BCUT2D eigenvalue weighted by Crippen LogP contribution is 2.18. The zero-order valence-corrected chi connectivity index (χ0v) is 17.8. The highest BCUT2D eigenvalue weighted by molar-refractivity contribution is 7.83. The number of carbonyl (C=O) groups excluding carboxylic acids is 1. The van der Waals surface area contributed by atoms with Crippen LogP contribution in [-0.2, 0) is 23.1 Å². The molecule has 152 valence electrons. The highest BCUT2D eigenvalue weighted by Gasteiger charge is 2.09. The van der Waals surface area contributed by atoms with Gasteiger partial charge >= 0.3 is 0 Å². The Bertz CT molecular complexity index is 791. The monoisotopic (exact) mass is 402 g/mol. The molecule has 28 heavy (non-hydrogen) atoms. The zero-order chi connectivity index (χ0) is 20.4. The summed E-state index contributed by atoms with van der Waals surface area (Å²) >= 11 is 0. The Morgan fingerprint density at radius 3 is 2.57 bits per heavy atom. The number of ether oxygens (including phenoxy) is 1. The minimum Gasteiger partial charge on any atom is -0.492 e. The predicted octanol–water partition coefficient (Wildman–Crippen LogP) is 3.22.